The minimum Gasteiger partial charge on any atom is -0.494 e. The molecule has 2 heterocycles. The number of aliphatic hydroxyl groups excluding tert-OH is 1. The Morgan fingerprint density at radius 1 is 0.975 bits per heavy atom. The van der Waals surface area contributed by atoms with Gasteiger partial charge in [-0.15, -0.1) is 10.2 Å². The van der Waals surface area contributed by atoms with Crippen molar-refractivity contribution in [1.82, 2.24) is 0 Å². The largest absolute Gasteiger partial charge is 0.494 e. The van der Waals surface area contributed by atoms with E-state index in [4.69, 9.17) is 9.47 Å². The maximum absolute atomic E-state index is 10.9. The van der Waals surface area contributed by atoms with Crippen LogP contribution in [0.25, 0.3) is 0 Å². The highest BCUT2D eigenvalue weighted by Gasteiger charge is 2.29. The summed E-state index contributed by atoms with van der Waals surface area (Å²) in [5.74, 6) is 1.19. The van der Waals surface area contributed by atoms with Crippen LogP contribution >= 0.6 is 0 Å². The summed E-state index contributed by atoms with van der Waals surface area (Å²) in [5.41, 5.74) is 6.17. The van der Waals surface area contributed by atoms with Crippen LogP contribution in [0, 0.1) is 10.1 Å². The SMILES string of the molecule is COc1cc(N=Nc2ccc([N+](=O)[O-])cc2)c(CO)cc1N=Nc1cc2c3c(c1OC(C)C)CCCN3CCC2. The lowest BCUT2D eigenvalue weighted by Gasteiger charge is -2.38. The number of anilines is 1. The Bertz CT molecular complexity index is 1470. The number of benzene rings is 3. The average Bonchev–Trinajstić information content (AvgIpc) is 2.96. The van der Waals surface area contributed by atoms with Crippen LogP contribution in [0.1, 0.15) is 43.4 Å². The number of aliphatic hydroxyl groups is 1. The molecule has 3 aromatic carbocycles. The van der Waals surface area contributed by atoms with E-state index in [1.165, 1.54) is 48.2 Å². The molecular weight excluding hydrogens is 512 g/mol. The van der Waals surface area contributed by atoms with Crippen LogP contribution in [0.3, 0.4) is 0 Å². The van der Waals surface area contributed by atoms with Crippen molar-refractivity contribution in [3.63, 3.8) is 0 Å². The molecule has 11 heteroatoms. The topological polar surface area (TPSA) is 135 Å². The zero-order chi connectivity index (χ0) is 28.2. The molecule has 40 heavy (non-hydrogen) atoms. The Balaban J connectivity index is 1.49. The van der Waals surface area contributed by atoms with Crippen LogP contribution in [-0.2, 0) is 19.4 Å². The number of non-ortho nitro benzene ring substituents is 1. The fraction of sp³-hybridized carbons (Fsp3) is 0.379. The van der Waals surface area contributed by atoms with Crippen LogP contribution < -0.4 is 14.4 Å². The lowest BCUT2D eigenvalue weighted by atomic mass is 9.90. The summed E-state index contributed by atoms with van der Waals surface area (Å²) >= 11 is 0. The fourth-order valence-corrected chi connectivity index (χ4v) is 5.18. The molecule has 0 aromatic heterocycles. The molecule has 0 unspecified atom stereocenters. The van der Waals surface area contributed by atoms with Gasteiger partial charge in [0.05, 0.1) is 36.1 Å². The summed E-state index contributed by atoms with van der Waals surface area (Å²) in [6.45, 7) is 5.85. The molecule has 5 rings (SSSR count). The van der Waals surface area contributed by atoms with E-state index in [2.05, 4.69) is 31.4 Å². The smallest absolute Gasteiger partial charge is 0.269 e. The van der Waals surface area contributed by atoms with Crippen molar-refractivity contribution >= 4 is 34.1 Å². The molecule has 0 saturated heterocycles. The molecule has 1 N–H and O–H groups in total. The van der Waals surface area contributed by atoms with Gasteiger partial charge < -0.3 is 19.5 Å². The summed E-state index contributed by atoms with van der Waals surface area (Å²) in [6, 6.07) is 11.1. The van der Waals surface area contributed by atoms with Gasteiger partial charge in [0.15, 0.2) is 5.75 Å². The number of hydrogen-bond donors (Lipinski definition) is 1. The van der Waals surface area contributed by atoms with E-state index in [-0.39, 0.29) is 18.4 Å². The molecule has 2 aliphatic heterocycles. The molecule has 11 nitrogen and oxygen atoms in total. The lowest BCUT2D eigenvalue weighted by Crippen LogP contribution is -2.34. The summed E-state index contributed by atoms with van der Waals surface area (Å²) in [7, 11) is 1.52. The van der Waals surface area contributed by atoms with E-state index < -0.39 is 4.92 Å². The molecule has 0 saturated carbocycles. The number of nitro groups is 1. The number of aryl methyl sites for hydroxylation is 1. The van der Waals surface area contributed by atoms with Gasteiger partial charge in [0.1, 0.15) is 17.1 Å². The highest BCUT2D eigenvalue weighted by atomic mass is 16.6. The van der Waals surface area contributed by atoms with Gasteiger partial charge in [0.25, 0.3) is 5.69 Å². The third-order valence-corrected chi connectivity index (χ3v) is 6.96. The highest BCUT2D eigenvalue weighted by molar-refractivity contribution is 5.74. The fourth-order valence-electron chi connectivity index (χ4n) is 5.18. The van der Waals surface area contributed by atoms with E-state index in [0.717, 1.165) is 44.5 Å². The summed E-state index contributed by atoms with van der Waals surface area (Å²) < 4.78 is 11.9. The average molecular weight is 545 g/mol. The quantitative estimate of drug-likeness (QED) is 0.169. The maximum Gasteiger partial charge on any atom is 0.269 e. The summed E-state index contributed by atoms with van der Waals surface area (Å²) in [5, 5.41) is 38.5. The normalized spacial score (nSPS) is 14.7. The molecule has 208 valence electrons. The van der Waals surface area contributed by atoms with Crippen LogP contribution in [0.5, 0.6) is 11.5 Å². The van der Waals surface area contributed by atoms with Gasteiger partial charge in [-0.3, -0.25) is 10.1 Å². The van der Waals surface area contributed by atoms with Crippen LogP contribution in [0.15, 0.2) is 62.9 Å². The Morgan fingerprint density at radius 2 is 1.68 bits per heavy atom. The standard InChI is InChI=1S/C29H32N6O5/c1-18(2)40-29-23-7-5-13-34-12-4-6-19(28(23)34)14-26(29)33-32-25-15-20(17-36)24(16-27(25)39-3)31-30-21-8-10-22(11-9-21)35(37)38/h8-11,14-16,18,36H,4-7,12-13,17H2,1-3H3. The first-order chi connectivity index (χ1) is 19.4. The molecule has 0 amide bonds. The second kappa shape index (κ2) is 11.8. The van der Waals surface area contributed by atoms with Crippen LogP contribution in [0.2, 0.25) is 0 Å². The van der Waals surface area contributed by atoms with Gasteiger partial charge >= 0.3 is 0 Å². The Hall–Kier alpha value is -4.38. The highest BCUT2D eigenvalue weighted by Crippen LogP contribution is 2.47. The van der Waals surface area contributed by atoms with Gasteiger partial charge in [-0.1, -0.05) is 0 Å². The van der Waals surface area contributed by atoms with Crippen LogP contribution in [-0.4, -0.2) is 36.3 Å². The van der Waals surface area contributed by atoms with Crippen molar-refractivity contribution in [1.29, 1.82) is 0 Å². The monoisotopic (exact) mass is 544 g/mol. The van der Waals surface area contributed by atoms with Gasteiger partial charge in [0.2, 0.25) is 0 Å². The predicted molar refractivity (Wildman–Crippen MR) is 151 cm³/mol. The molecule has 0 spiro atoms. The predicted octanol–water partition coefficient (Wildman–Crippen LogP) is 7.41. The molecule has 0 aliphatic carbocycles. The number of nitrogens with zero attached hydrogens (tertiary/aromatic N) is 6. The second-order valence-corrected chi connectivity index (χ2v) is 10.1. The van der Waals surface area contributed by atoms with Gasteiger partial charge in [0, 0.05) is 48.1 Å². The number of rotatable bonds is 9. The molecule has 3 aromatic rings. The number of nitro benzene ring substituents is 1. The van der Waals surface area contributed by atoms with Crippen molar-refractivity contribution in [2.24, 2.45) is 20.5 Å². The second-order valence-electron chi connectivity index (χ2n) is 10.1. The van der Waals surface area contributed by atoms with E-state index >= 15 is 0 Å². The number of methoxy groups -OCH3 is 1. The molecule has 2 aliphatic rings. The molecular formula is C29H32N6O5. The van der Waals surface area contributed by atoms with Crippen molar-refractivity contribution in [3.8, 4) is 11.5 Å². The molecule has 0 radical (unpaired) electrons. The minimum atomic E-state index is -0.477. The zero-order valence-corrected chi connectivity index (χ0v) is 22.8. The van der Waals surface area contributed by atoms with Crippen molar-refractivity contribution in [2.75, 3.05) is 25.1 Å². The van der Waals surface area contributed by atoms with Crippen molar-refractivity contribution in [2.45, 2.75) is 52.2 Å². The first kappa shape index (κ1) is 27.2. The number of hydrogen-bond acceptors (Lipinski definition) is 10. The third-order valence-electron chi connectivity index (χ3n) is 6.96. The van der Waals surface area contributed by atoms with E-state index in [0.29, 0.717) is 34.1 Å². The molecule has 0 fully saturated rings. The summed E-state index contributed by atoms with van der Waals surface area (Å²) in [4.78, 5) is 12.9. The zero-order valence-electron chi connectivity index (χ0n) is 22.8. The van der Waals surface area contributed by atoms with Crippen LogP contribution in [0.4, 0.5) is 34.1 Å². The molecule has 0 bridgehead atoms. The van der Waals surface area contributed by atoms with Gasteiger partial charge in [-0.2, -0.15) is 10.2 Å². The Kier molecular flexibility index (Phi) is 8.01. The van der Waals surface area contributed by atoms with Crippen molar-refractivity contribution < 1.29 is 19.5 Å². The summed E-state index contributed by atoms with van der Waals surface area (Å²) in [6.07, 6.45) is 4.10. The first-order valence-corrected chi connectivity index (χ1v) is 13.4. The Morgan fingerprint density at radius 3 is 2.35 bits per heavy atom. The Labute approximate surface area is 232 Å². The number of ether oxygens (including phenoxy) is 2. The van der Waals surface area contributed by atoms with Gasteiger partial charge in [-0.25, -0.2) is 0 Å². The lowest BCUT2D eigenvalue weighted by molar-refractivity contribution is -0.384. The van der Waals surface area contributed by atoms with E-state index in [1.54, 1.807) is 12.1 Å². The van der Waals surface area contributed by atoms with E-state index in [9.17, 15) is 15.2 Å². The van der Waals surface area contributed by atoms with Gasteiger partial charge in [-0.05, 0) is 69.4 Å². The third kappa shape index (κ3) is 5.64. The van der Waals surface area contributed by atoms with E-state index in [1.807, 2.05) is 13.8 Å². The molecule has 0 atom stereocenters. The minimum absolute atomic E-state index is 0.0156. The van der Waals surface area contributed by atoms with Crippen molar-refractivity contribution in [3.05, 3.63) is 69.3 Å². The number of azo groups is 2. The maximum atomic E-state index is 10.9. The first-order valence-electron chi connectivity index (χ1n) is 13.4.